The van der Waals surface area contributed by atoms with Crippen LogP contribution >= 0.6 is 0 Å². The van der Waals surface area contributed by atoms with E-state index < -0.39 is 36.7 Å². The molecule has 0 aromatic rings. The number of aliphatic hydroxyl groups excluding tert-OH is 3. The lowest BCUT2D eigenvalue weighted by Gasteiger charge is -2.38. The van der Waals surface area contributed by atoms with E-state index in [0.29, 0.717) is 0 Å². The van der Waals surface area contributed by atoms with E-state index in [4.69, 9.17) is 9.47 Å². The number of carbonyl (C=O) groups excluding carboxylic acids is 1. The quantitative estimate of drug-likeness (QED) is 0.359. The lowest BCUT2D eigenvalue weighted by molar-refractivity contribution is -0.285. The summed E-state index contributed by atoms with van der Waals surface area (Å²) in [6.07, 6.45) is 5.84. The zero-order valence-corrected chi connectivity index (χ0v) is 16.6. The molecule has 0 amide bonds. The number of aliphatic hydroxyl groups is 3. The Morgan fingerprint density at radius 1 is 0.923 bits per heavy atom. The average molecular weight is 375 g/mol. The molecular weight excluding hydrogens is 336 g/mol. The van der Waals surface area contributed by atoms with Gasteiger partial charge in [0, 0.05) is 0 Å². The molecule has 0 radical (unpaired) electrons. The third-order valence-corrected chi connectivity index (χ3v) is 5.18. The van der Waals surface area contributed by atoms with Crippen LogP contribution in [0.1, 0.15) is 85.0 Å². The summed E-state index contributed by atoms with van der Waals surface area (Å²) in [5.74, 6) is -0.723. The van der Waals surface area contributed by atoms with Crippen LogP contribution < -0.4 is 0 Å². The van der Waals surface area contributed by atoms with Gasteiger partial charge in [0.2, 0.25) is 6.29 Å². The molecule has 6 atom stereocenters. The van der Waals surface area contributed by atoms with Gasteiger partial charge in [-0.25, -0.2) is 0 Å². The van der Waals surface area contributed by atoms with E-state index >= 15 is 0 Å². The zero-order chi connectivity index (χ0) is 19.5. The van der Waals surface area contributed by atoms with Gasteiger partial charge in [-0.15, -0.1) is 0 Å². The van der Waals surface area contributed by atoms with Crippen molar-refractivity contribution >= 4 is 5.97 Å². The summed E-state index contributed by atoms with van der Waals surface area (Å²) in [6, 6.07) is 0. The molecule has 154 valence electrons. The molecule has 1 aliphatic heterocycles. The Morgan fingerprint density at radius 3 is 2.04 bits per heavy atom. The maximum atomic E-state index is 12.2. The minimum absolute atomic E-state index is 0.283. The van der Waals surface area contributed by atoms with Crippen molar-refractivity contribution < 1.29 is 29.6 Å². The Kier molecular flexibility index (Phi) is 11.4. The zero-order valence-electron chi connectivity index (χ0n) is 16.6. The van der Waals surface area contributed by atoms with Crippen molar-refractivity contribution in [1.82, 2.24) is 0 Å². The van der Waals surface area contributed by atoms with Crippen LogP contribution in [0.25, 0.3) is 0 Å². The van der Waals surface area contributed by atoms with Crippen LogP contribution in [-0.2, 0) is 14.3 Å². The molecular formula is C20H38O6. The minimum atomic E-state index is -1.44. The van der Waals surface area contributed by atoms with Gasteiger partial charge in [0.25, 0.3) is 0 Å². The van der Waals surface area contributed by atoms with Crippen LogP contribution in [-0.4, -0.2) is 52.0 Å². The predicted octanol–water partition coefficient (Wildman–Crippen LogP) is 2.91. The molecule has 1 fully saturated rings. The average Bonchev–Trinajstić information content (AvgIpc) is 2.62. The molecule has 2 unspecified atom stereocenters. The van der Waals surface area contributed by atoms with Gasteiger partial charge in [-0.1, -0.05) is 71.6 Å². The number of carbonyl (C=O) groups is 1. The maximum Gasteiger partial charge on any atom is 0.311 e. The standard InChI is InChI=1S/C20H38O6/c1-4-5-6-7-8-9-10-11-12-13-14(2)19(24)26-20-18(23)17(22)16(21)15(3)25-20/h14-18,20-23H,4-13H2,1-3H3/t14?,15-,16+,17+,18-,20?/m0/s1. The molecule has 0 bridgehead atoms. The largest absolute Gasteiger partial charge is 0.433 e. The Labute approximate surface area is 157 Å². The number of hydrogen-bond donors (Lipinski definition) is 3. The number of rotatable bonds is 12. The number of hydrogen-bond acceptors (Lipinski definition) is 6. The van der Waals surface area contributed by atoms with E-state index in [2.05, 4.69) is 6.92 Å². The van der Waals surface area contributed by atoms with Crippen LogP contribution in [0.15, 0.2) is 0 Å². The molecule has 6 heteroatoms. The van der Waals surface area contributed by atoms with Crippen molar-refractivity contribution in [2.24, 2.45) is 5.92 Å². The molecule has 1 rings (SSSR count). The molecule has 0 aromatic carbocycles. The number of ether oxygens (including phenoxy) is 2. The van der Waals surface area contributed by atoms with Crippen LogP contribution in [0.3, 0.4) is 0 Å². The normalized spacial score (nSPS) is 30.2. The van der Waals surface area contributed by atoms with E-state index in [1.54, 1.807) is 13.8 Å². The topological polar surface area (TPSA) is 96.2 Å². The molecule has 3 N–H and O–H groups in total. The van der Waals surface area contributed by atoms with Crippen LogP contribution in [0.4, 0.5) is 0 Å². The Bertz CT molecular complexity index is 388. The number of unbranched alkanes of at least 4 members (excludes halogenated alkanes) is 8. The molecule has 0 aliphatic carbocycles. The van der Waals surface area contributed by atoms with Crippen molar-refractivity contribution in [3.63, 3.8) is 0 Å². The Morgan fingerprint density at radius 2 is 1.46 bits per heavy atom. The third-order valence-electron chi connectivity index (χ3n) is 5.18. The second-order valence-electron chi connectivity index (χ2n) is 7.64. The lowest BCUT2D eigenvalue weighted by atomic mass is 9.99. The fraction of sp³-hybridized carbons (Fsp3) is 0.950. The minimum Gasteiger partial charge on any atom is -0.433 e. The maximum absolute atomic E-state index is 12.2. The molecule has 0 spiro atoms. The van der Waals surface area contributed by atoms with E-state index in [1.807, 2.05) is 0 Å². The first-order chi connectivity index (χ1) is 12.4. The summed E-state index contributed by atoms with van der Waals surface area (Å²) in [4.78, 5) is 12.2. The SMILES string of the molecule is CCCCCCCCCCCC(C)C(=O)OC1O[C@@H](C)[C@@H](O)[C@@H](O)[C@@H]1O. The van der Waals surface area contributed by atoms with Crippen LogP contribution in [0.2, 0.25) is 0 Å². The highest BCUT2D eigenvalue weighted by atomic mass is 16.7. The number of esters is 1. The molecule has 1 heterocycles. The van der Waals surface area contributed by atoms with Gasteiger partial charge in [-0.3, -0.25) is 4.79 Å². The van der Waals surface area contributed by atoms with Crippen molar-refractivity contribution in [3.05, 3.63) is 0 Å². The van der Waals surface area contributed by atoms with Gasteiger partial charge in [0.15, 0.2) is 0 Å². The molecule has 1 aliphatic rings. The van der Waals surface area contributed by atoms with Crippen molar-refractivity contribution in [2.45, 2.75) is 116 Å². The van der Waals surface area contributed by atoms with E-state index in [0.717, 1.165) is 19.3 Å². The Balaban J connectivity index is 2.17. The first-order valence-electron chi connectivity index (χ1n) is 10.3. The third kappa shape index (κ3) is 7.91. The molecule has 1 saturated heterocycles. The summed E-state index contributed by atoms with van der Waals surface area (Å²) < 4.78 is 10.5. The fourth-order valence-corrected chi connectivity index (χ4v) is 3.22. The first kappa shape index (κ1) is 23.3. The summed E-state index contributed by atoms with van der Waals surface area (Å²) >= 11 is 0. The second kappa shape index (κ2) is 12.7. The highest BCUT2D eigenvalue weighted by Gasteiger charge is 2.44. The summed E-state index contributed by atoms with van der Waals surface area (Å²) in [5, 5.41) is 29.3. The summed E-state index contributed by atoms with van der Waals surface area (Å²) in [5.41, 5.74) is 0. The van der Waals surface area contributed by atoms with Crippen molar-refractivity contribution in [1.29, 1.82) is 0 Å². The predicted molar refractivity (Wildman–Crippen MR) is 99.5 cm³/mol. The highest BCUT2D eigenvalue weighted by Crippen LogP contribution is 2.23. The fourth-order valence-electron chi connectivity index (χ4n) is 3.22. The molecule has 6 nitrogen and oxygen atoms in total. The van der Waals surface area contributed by atoms with E-state index in [9.17, 15) is 20.1 Å². The van der Waals surface area contributed by atoms with Crippen LogP contribution in [0, 0.1) is 5.92 Å². The van der Waals surface area contributed by atoms with E-state index in [1.165, 1.54) is 44.9 Å². The van der Waals surface area contributed by atoms with Gasteiger partial charge in [0.05, 0.1) is 12.0 Å². The molecule has 0 aromatic heterocycles. The molecule has 0 saturated carbocycles. The monoisotopic (exact) mass is 374 g/mol. The summed E-state index contributed by atoms with van der Waals surface area (Å²) in [7, 11) is 0. The van der Waals surface area contributed by atoms with Crippen molar-refractivity contribution in [3.8, 4) is 0 Å². The van der Waals surface area contributed by atoms with Gasteiger partial charge >= 0.3 is 5.97 Å². The smallest absolute Gasteiger partial charge is 0.311 e. The van der Waals surface area contributed by atoms with Crippen molar-refractivity contribution in [2.75, 3.05) is 0 Å². The molecule has 26 heavy (non-hydrogen) atoms. The first-order valence-corrected chi connectivity index (χ1v) is 10.3. The van der Waals surface area contributed by atoms with Gasteiger partial charge in [-0.05, 0) is 13.3 Å². The van der Waals surface area contributed by atoms with Crippen LogP contribution in [0.5, 0.6) is 0 Å². The van der Waals surface area contributed by atoms with E-state index in [-0.39, 0.29) is 5.92 Å². The van der Waals surface area contributed by atoms with Gasteiger partial charge < -0.3 is 24.8 Å². The second-order valence-corrected chi connectivity index (χ2v) is 7.64. The van der Waals surface area contributed by atoms with Gasteiger partial charge in [0.1, 0.15) is 18.3 Å². The highest BCUT2D eigenvalue weighted by molar-refractivity contribution is 5.72. The Hall–Kier alpha value is -0.690. The summed E-state index contributed by atoms with van der Waals surface area (Å²) in [6.45, 7) is 5.59. The van der Waals surface area contributed by atoms with Gasteiger partial charge in [-0.2, -0.15) is 0 Å². The lowest BCUT2D eigenvalue weighted by Crippen LogP contribution is -2.57.